The van der Waals surface area contributed by atoms with E-state index in [0.717, 1.165) is 31.2 Å². The van der Waals surface area contributed by atoms with Crippen LogP contribution >= 0.6 is 0 Å². The molecule has 1 aromatic rings. The van der Waals surface area contributed by atoms with Crippen LogP contribution in [-0.2, 0) is 0 Å². The number of aliphatic hydroxyl groups excluding tert-OH is 2. The van der Waals surface area contributed by atoms with Gasteiger partial charge in [0.1, 0.15) is 0 Å². The minimum atomic E-state index is -0.419. The summed E-state index contributed by atoms with van der Waals surface area (Å²) in [5, 5.41) is 22.8. The average Bonchev–Trinajstić information content (AvgIpc) is 2.60. The van der Waals surface area contributed by atoms with Crippen molar-refractivity contribution >= 4 is 6.03 Å². The van der Waals surface area contributed by atoms with Gasteiger partial charge in [-0.2, -0.15) is 0 Å². The highest BCUT2D eigenvalue weighted by molar-refractivity contribution is 5.73. The predicted molar refractivity (Wildman–Crippen MR) is 99.5 cm³/mol. The molecule has 0 radical (unpaired) electrons. The second kappa shape index (κ2) is 9.78. The minimum Gasteiger partial charge on any atom is -0.393 e. The van der Waals surface area contributed by atoms with Crippen molar-refractivity contribution in [2.75, 3.05) is 20.1 Å². The molecule has 5 heteroatoms. The maximum Gasteiger partial charge on any atom is 0.317 e. The lowest BCUT2D eigenvalue weighted by molar-refractivity contribution is 0.0564. The van der Waals surface area contributed by atoms with E-state index in [4.69, 9.17) is 0 Å². The van der Waals surface area contributed by atoms with E-state index >= 15 is 0 Å². The average molecular weight is 348 g/mol. The lowest BCUT2D eigenvalue weighted by Gasteiger charge is -2.31. The zero-order valence-electron chi connectivity index (χ0n) is 15.4. The molecule has 2 rings (SSSR count). The molecule has 5 nitrogen and oxygen atoms in total. The van der Waals surface area contributed by atoms with Crippen LogP contribution in [0.4, 0.5) is 4.79 Å². The maximum absolute atomic E-state index is 12.4. The molecule has 3 N–H and O–H groups in total. The molecule has 4 unspecified atom stereocenters. The van der Waals surface area contributed by atoms with Gasteiger partial charge in [0.15, 0.2) is 0 Å². The van der Waals surface area contributed by atoms with E-state index in [1.807, 2.05) is 30.3 Å². The minimum absolute atomic E-state index is 0.0822. The molecule has 0 aromatic heterocycles. The van der Waals surface area contributed by atoms with Gasteiger partial charge in [0, 0.05) is 32.0 Å². The number of rotatable bonds is 7. The summed E-state index contributed by atoms with van der Waals surface area (Å²) in [5.74, 6) is 0.255. The van der Waals surface area contributed by atoms with E-state index < -0.39 is 6.10 Å². The first-order chi connectivity index (χ1) is 12.0. The molecule has 25 heavy (non-hydrogen) atoms. The van der Waals surface area contributed by atoms with E-state index in [2.05, 4.69) is 5.32 Å². The number of nitrogens with one attached hydrogen (secondary N) is 1. The van der Waals surface area contributed by atoms with Crippen LogP contribution in [0, 0.1) is 5.92 Å². The van der Waals surface area contributed by atoms with E-state index in [0.29, 0.717) is 19.5 Å². The maximum atomic E-state index is 12.4. The van der Waals surface area contributed by atoms with Crippen LogP contribution in [0.2, 0.25) is 0 Å². The van der Waals surface area contributed by atoms with E-state index in [1.54, 1.807) is 18.9 Å². The molecule has 1 aliphatic carbocycles. The SMILES string of the molecule is CC(O)CC(CNC(=O)N(C)CC1CCCCC1O)c1ccccc1. The fraction of sp³-hybridized carbons (Fsp3) is 0.650. The Morgan fingerprint density at radius 1 is 1.28 bits per heavy atom. The van der Waals surface area contributed by atoms with Crippen molar-refractivity contribution in [3.63, 3.8) is 0 Å². The second-order valence-corrected chi connectivity index (χ2v) is 7.37. The first kappa shape index (κ1) is 19.7. The quantitative estimate of drug-likeness (QED) is 0.709. The first-order valence-electron chi connectivity index (χ1n) is 9.37. The Balaban J connectivity index is 1.87. The third-order valence-electron chi connectivity index (χ3n) is 5.12. The molecular weight excluding hydrogens is 316 g/mol. The van der Waals surface area contributed by atoms with E-state index in [9.17, 15) is 15.0 Å². The van der Waals surface area contributed by atoms with Gasteiger partial charge in [-0.25, -0.2) is 4.79 Å². The van der Waals surface area contributed by atoms with Crippen LogP contribution in [0.15, 0.2) is 30.3 Å². The summed E-state index contributed by atoms with van der Waals surface area (Å²) in [6.07, 6.45) is 3.91. The fourth-order valence-corrected chi connectivity index (χ4v) is 3.66. The van der Waals surface area contributed by atoms with Crippen LogP contribution in [0.5, 0.6) is 0 Å². The van der Waals surface area contributed by atoms with Crippen molar-refractivity contribution in [1.29, 1.82) is 0 Å². The van der Waals surface area contributed by atoms with Gasteiger partial charge in [-0.3, -0.25) is 0 Å². The molecule has 1 fully saturated rings. The Morgan fingerprint density at radius 3 is 2.60 bits per heavy atom. The van der Waals surface area contributed by atoms with Crippen LogP contribution < -0.4 is 5.32 Å². The lowest BCUT2D eigenvalue weighted by Crippen LogP contribution is -2.44. The standard InChI is InChI=1S/C20H32N2O3/c1-15(23)12-18(16-8-4-3-5-9-16)13-21-20(25)22(2)14-17-10-6-7-11-19(17)24/h3-5,8-9,15,17-19,23-24H,6-7,10-14H2,1-2H3,(H,21,25). The molecule has 4 atom stereocenters. The molecule has 1 saturated carbocycles. The van der Waals surface area contributed by atoms with Crippen molar-refractivity contribution in [3.8, 4) is 0 Å². The van der Waals surface area contributed by atoms with Gasteiger partial charge in [-0.15, -0.1) is 0 Å². The number of carbonyl (C=O) groups excluding carboxylic acids is 1. The van der Waals surface area contributed by atoms with Crippen LogP contribution in [-0.4, -0.2) is 53.5 Å². The number of nitrogens with zero attached hydrogens (tertiary/aromatic N) is 1. The number of aliphatic hydroxyl groups is 2. The third kappa shape index (κ3) is 6.33. The molecule has 0 aliphatic heterocycles. The Bertz CT molecular complexity index is 521. The third-order valence-corrected chi connectivity index (χ3v) is 5.12. The highest BCUT2D eigenvalue weighted by Gasteiger charge is 2.26. The molecule has 0 saturated heterocycles. The fourth-order valence-electron chi connectivity index (χ4n) is 3.66. The monoisotopic (exact) mass is 348 g/mol. The van der Waals surface area contributed by atoms with Crippen molar-refractivity contribution in [1.82, 2.24) is 10.2 Å². The van der Waals surface area contributed by atoms with Gasteiger partial charge < -0.3 is 20.4 Å². The Kier molecular flexibility index (Phi) is 7.72. The molecule has 1 aliphatic rings. The Morgan fingerprint density at radius 2 is 1.96 bits per heavy atom. The summed E-state index contributed by atoms with van der Waals surface area (Å²) in [5.41, 5.74) is 1.12. The predicted octanol–water partition coefficient (Wildman–Crippen LogP) is 2.73. The summed E-state index contributed by atoms with van der Waals surface area (Å²) in [6.45, 7) is 2.85. The van der Waals surface area contributed by atoms with Gasteiger partial charge in [0.2, 0.25) is 0 Å². The summed E-state index contributed by atoms with van der Waals surface area (Å²) in [6, 6.07) is 9.85. The summed E-state index contributed by atoms with van der Waals surface area (Å²) < 4.78 is 0. The molecule has 0 heterocycles. The van der Waals surface area contributed by atoms with Gasteiger partial charge in [0.25, 0.3) is 0 Å². The smallest absolute Gasteiger partial charge is 0.317 e. The number of benzene rings is 1. The zero-order valence-corrected chi connectivity index (χ0v) is 15.4. The Hall–Kier alpha value is -1.59. The highest BCUT2D eigenvalue weighted by atomic mass is 16.3. The van der Waals surface area contributed by atoms with Gasteiger partial charge >= 0.3 is 6.03 Å². The molecule has 2 amide bonds. The molecule has 1 aromatic carbocycles. The lowest BCUT2D eigenvalue weighted by atomic mass is 9.86. The number of carbonyl (C=O) groups is 1. The van der Waals surface area contributed by atoms with Crippen LogP contribution in [0.1, 0.15) is 50.5 Å². The molecule has 140 valence electrons. The van der Waals surface area contributed by atoms with Crippen LogP contribution in [0.3, 0.4) is 0 Å². The molecule has 0 bridgehead atoms. The summed E-state index contributed by atoms with van der Waals surface area (Å²) >= 11 is 0. The summed E-state index contributed by atoms with van der Waals surface area (Å²) in [4.78, 5) is 14.1. The largest absolute Gasteiger partial charge is 0.393 e. The number of amides is 2. The Labute approximate surface area is 151 Å². The highest BCUT2D eigenvalue weighted by Crippen LogP contribution is 2.25. The normalized spacial score (nSPS) is 22.9. The summed E-state index contributed by atoms with van der Waals surface area (Å²) in [7, 11) is 1.78. The number of hydrogen-bond donors (Lipinski definition) is 3. The van der Waals surface area contributed by atoms with E-state index in [1.165, 1.54) is 0 Å². The van der Waals surface area contributed by atoms with Gasteiger partial charge in [0.05, 0.1) is 12.2 Å². The molecular formula is C20H32N2O3. The van der Waals surface area contributed by atoms with E-state index in [-0.39, 0.29) is 24.0 Å². The van der Waals surface area contributed by atoms with Crippen molar-refractivity contribution < 1.29 is 15.0 Å². The van der Waals surface area contributed by atoms with Crippen LogP contribution in [0.25, 0.3) is 0 Å². The first-order valence-corrected chi connectivity index (χ1v) is 9.37. The number of urea groups is 1. The van der Waals surface area contributed by atoms with Gasteiger partial charge in [-0.05, 0) is 31.7 Å². The number of hydrogen-bond acceptors (Lipinski definition) is 3. The van der Waals surface area contributed by atoms with Gasteiger partial charge in [-0.1, -0.05) is 43.2 Å². The van der Waals surface area contributed by atoms with Crippen molar-refractivity contribution in [2.24, 2.45) is 5.92 Å². The second-order valence-electron chi connectivity index (χ2n) is 7.37. The molecule has 0 spiro atoms. The zero-order chi connectivity index (χ0) is 18.2. The van der Waals surface area contributed by atoms with Crippen molar-refractivity contribution in [2.45, 2.75) is 57.2 Å². The van der Waals surface area contributed by atoms with Crippen molar-refractivity contribution in [3.05, 3.63) is 35.9 Å². The topological polar surface area (TPSA) is 72.8 Å².